The standard InChI is InChI=1S/C16H26N4O/c1-5-6-17-9-16-7-15(13(2)21-16)12-19(3)10-14-8-18-20(4)11-14/h7-8,11,17H,5-6,9-10,12H2,1-4H3. The van der Waals surface area contributed by atoms with E-state index in [1.807, 2.05) is 24.9 Å². The van der Waals surface area contributed by atoms with Crippen molar-refractivity contribution >= 4 is 0 Å². The molecule has 0 saturated heterocycles. The summed E-state index contributed by atoms with van der Waals surface area (Å²) in [5.74, 6) is 2.03. The molecule has 2 rings (SSSR count). The van der Waals surface area contributed by atoms with Gasteiger partial charge in [0.05, 0.1) is 12.7 Å². The molecule has 0 bridgehead atoms. The third kappa shape index (κ3) is 4.72. The van der Waals surface area contributed by atoms with E-state index >= 15 is 0 Å². The first-order chi connectivity index (χ1) is 10.1. The molecule has 0 amide bonds. The molecule has 5 nitrogen and oxygen atoms in total. The molecule has 0 aliphatic carbocycles. The van der Waals surface area contributed by atoms with Crippen LogP contribution < -0.4 is 5.32 Å². The molecule has 0 radical (unpaired) electrons. The van der Waals surface area contributed by atoms with Gasteiger partial charge in [-0.2, -0.15) is 5.10 Å². The van der Waals surface area contributed by atoms with E-state index in [1.165, 1.54) is 11.1 Å². The van der Waals surface area contributed by atoms with Crippen molar-refractivity contribution in [1.82, 2.24) is 20.0 Å². The van der Waals surface area contributed by atoms with Gasteiger partial charge in [-0.1, -0.05) is 6.92 Å². The topological polar surface area (TPSA) is 46.2 Å². The molecule has 0 atom stereocenters. The Bertz CT molecular complexity index is 558. The van der Waals surface area contributed by atoms with Gasteiger partial charge in [0, 0.05) is 37.5 Å². The Morgan fingerprint density at radius 2 is 2.19 bits per heavy atom. The van der Waals surface area contributed by atoms with Crippen molar-refractivity contribution in [3.05, 3.63) is 41.1 Å². The highest BCUT2D eigenvalue weighted by molar-refractivity contribution is 5.21. The first kappa shape index (κ1) is 15.8. The molecular formula is C16H26N4O. The van der Waals surface area contributed by atoms with E-state index in [-0.39, 0.29) is 0 Å². The number of furan rings is 1. The highest BCUT2D eigenvalue weighted by Gasteiger charge is 2.10. The molecule has 0 aliphatic rings. The number of nitrogens with one attached hydrogen (secondary N) is 1. The third-order valence-electron chi connectivity index (χ3n) is 3.45. The van der Waals surface area contributed by atoms with Crippen LogP contribution in [0.4, 0.5) is 0 Å². The monoisotopic (exact) mass is 290 g/mol. The summed E-state index contributed by atoms with van der Waals surface area (Å²) in [7, 11) is 4.06. The molecule has 1 N–H and O–H groups in total. The van der Waals surface area contributed by atoms with Crippen molar-refractivity contribution in [2.45, 2.75) is 39.9 Å². The summed E-state index contributed by atoms with van der Waals surface area (Å²) < 4.78 is 7.65. The van der Waals surface area contributed by atoms with Gasteiger partial charge in [-0.15, -0.1) is 0 Å². The van der Waals surface area contributed by atoms with Gasteiger partial charge < -0.3 is 9.73 Å². The van der Waals surface area contributed by atoms with Crippen LogP contribution in [0.3, 0.4) is 0 Å². The molecule has 0 fully saturated rings. The summed E-state index contributed by atoms with van der Waals surface area (Å²) in [6.45, 7) is 7.81. The zero-order valence-electron chi connectivity index (χ0n) is 13.5. The van der Waals surface area contributed by atoms with E-state index in [2.05, 4.69) is 41.5 Å². The molecule has 2 aromatic heterocycles. The number of hydrogen-bond acceptors (Lipinski definition) is 4. The lowest BCUT2D eigenvalue weighted by Crippen LogP contribution is -2.17. The molecule has 0 aromatic carbocycles. The predicted octanol–water partition coefficient (Wildman–Crippen LogP) is 2.45. The second-order valence-electron chi connectivity index (χ2n) is 5.67. The molecule has 0 aliphatic heterocycles. The Hall–Kier alpha value is -1.59. The Labute approximate surface area is 126 Å². The molecule has 5 heteroatoms. The Morgan fingerprint density at radius 1 is 1.38 bits per heavy atom. The van der Waals surface area contributed by atoms with Crippen molar-refractivity contribution in [3.8, 4) is 0 Å². The number of rotatable bonds is 8. The molecule has 116 valence electrons. The van der Waals surface area contributed by atoms with Gasteiger partial charge in [0.15, 0.2) is 0 Å². The highest BCUT2D eigenvalue weighted by atomic mass is 16.3. The van der Waals surface area contributed by atoms with Crippen molar-refractivity contribution in [1.29, 1.82) is 0 Å². The average Bonchev–Trinajstić information content (AvgIpc) is 2.97. The molecule has 2 heterocycles. The number of hydrogen-bond donors (Lipinski definition) is 1. The van der Waals surface area contributed by atoms with Gasteiger partial charge in [0.25, 0.3) is 0 Å². The van der Waals surface area contributed by atoms with Crippen LogP contribution in [0.2, 0.25) is 0 Å². The van der Waals surface area contributed by atoms with Crippen molar-refractivity contribution < 1.29 is 4.42 Å². The maximum atomic E-state index is 5.81. The minimum absolute atomic E-state index is 0.807. The second-order valence-corrected chi connectivity index (χ2v) is 5.67. The number of nitrogens with zero attached hydrogens (tertiary/aromatic N) is 3. The SMILES string of the molecule is CCCNCc1cc(CN(C)Cc2cnn(C)c2)c(C)o1. The fourth-order valence-corrected chi connectivity index (χ4v) is 2.43. The zero-order valence-corrected chi connectivity index (χ0v) is 13.5. The van der Waals surface area contributed by atoms with E-state index in [9.17, 15) is 0 Å². The summed E-state index contributed by atoms with van der Waals surface area (Å²) in [6, 6.07) is 2.16. The fraction of sp³-hybridized carbons (Fsp3) is 0.562. The van der Waals surface area contributed by atoms with Gasteiger partial charge in [-0.3, -0.25) is 9.58 Å². The third-order valence-corrected chi connectivity index (χ3v) is 3.45. The molecular weight excluding hydrogens is 264 g/mol. The lowest BCUT2D eigenvalue weighted by Gasteiger charge is -2.14. The fourth-order valence-electron chi connectivity index (χ4n) is 2.43. The van der Waals surface area contributed by atoms with Crippen LogP contribution in [-0.2, 0) is 26.7 Å². The number of aryl methyl sites for hydroxylation is 2. The van der Waals surface area contributed by atoms with Crippen LogP contribution in [0.25, 0.3) is 0 Å². The Kier molecular flexibility index (Phi) is 5.59. The summed E-state index contributed by atoms with van der Waals surface area (Å²) >= 11 is 0. The minimum Gasteiger partial charge on any atom is -0.465 e. The Morgan fingerprint density at radius 3 is 2.86 bits per heavy atom. The first-order valence-corrected chi connectivity index (χ1v) is 7.53. The van der Waals surface area contributed by atoms with Crippen molar-refractivity contribution in [2.24, 2.45) is 7.05 Å². The van der Waals surface area contributed by atoms with Gasteiger partial charge in [-0.25, -0.2) is 0 Å². The van der Waals surface area contributed by atoms with Crippen LogP contribution in [-0.4, -0.2) is 28.3 Å². The molecule has 2 aromatic rings. The first-order valence-electron chi connectivity index (χ1n) is 7.53. The van der Waals surface area contributed by atoms with Crippen LogP contribution in [0.1, 0.15) is 36.0 Å². The summed E-state index contributed by atoms with van der Waals surface area (Å²) in [5, 5.41) is 7.57. The quantitative estimate of drug-likeness (QED) is 0.759. The minimum atomic E-state index is 0.807. The second kappa shape index (κ2) is 7.43. The summed E-state index contributed by atoms with van der Waals surface area (Å²) in [4.78, 5) is 2.28. The van der Waals surface area contributed by atoms with Crippen molar-refractivity contribution in [2.75, 3.05) is 13.6 Å². The summed E-state index contributed by atoms with van der Waals surface area (Å²) in [5.41, 5.74) is 2.49. The van der Waals surface area contributed by atoms with Gasteiger partial charge in [-0.05, 0) is 33.0 Å². The van der Waals surface area contributed by atoms with Crippen LogP contribution in [0.5, 0.6) is 0 Å². The van der Waals surface area contributed by atoms with Crippen molar-refractivity contribution in [3.63, 3.8) is 0 Å². The average molecular weight is 290 g/mol. The lowest BCUT2D eigenvalue weighted by atomic mass is 10.2. The van der Waals surface area contributed by atoms with Crippen LogP contribution in [0, 0.1) is 6.92 Å². The Balaban J connectivity index is 1.89. The van der Waals surface area contributed by atoms with E-state index in [4.69, 9.17) is 4.42 Å². The van der Waals surface area contributed by atoms with Gasteiger partial charge in [0.1, 0.15) is 11.5 Å². The van der Waals surface area contributed by atoms with Crippen LogP contribution in [0.15, 0.2) is 22.9 Å². The largest absolute Gasteiger partial charge is 0.465 e. The van der Waals surface area contributed by atoms with E-state index in [0.717, 1.165) is 44.1 Å². The van der Waals surface area contributed by atoms with E-state index in [0.29, 0.717) is 0 Å². The van der Waals surface area contributed by atoms with Gasteiger partial charge in [0.2, 0.25) is 0 Å². The van der Waals surface area contributed by atoms with Gasteiger partial charge >= 0.3 is 0 Å². The smallest absolute Gasteiger partial charge is 0.118 e. The lowest BCUT2D eigenvalue weighted by molar-refractivity contribution is 0.316. The zero-order chi connectivity index (χ0) is 15.2. The normalized spacial score (nSPS) is 11.5. The maximum absolute atomic E-state index is 5.81. The molecule has 21 heavy (non-hydrogen) atoms. The highest BCUT2D eigenvalue weighted by Crippen LogP contribution is 2.17. The molecule has 0 spiro atoms. The van der Waals surface area contributed by atoms with E-state index < -0.39 is 0 Å². The van der Waals surface area contributed by atoms with E-state index in [1.54, 1.807) is 0 Å². The van der Waals surface area contributed by atoms with Crippen LogP contribution >= 0.6 is 0 Å². The maximum Gasteiger partial charge on any atom is 0.118 e. The molecule has 0 saturated carbocycles. The predicted molar refractivity (Wildman–Crippen MR) is 83.8 cm³/mol. The molecule has 0 unspecified atom stereocenters. The summed E-state index contributed by atoms with van der Waals surface area (Å²) in [6.07, 6.45) is 5.11. The number of aromatic nitrogens is 2.